The highest BCUT2D eigenvalue weighted by Gasteiger charge is 2.22. The van der Waals surface area contributed by atoms with Gasteiger partial charge >= 0.3 is 0 Å². The second-order valence-corrected chi connectivity index (χ2v) is 9.47. The Hall–Kier alpha value is -1.64. The van der Waals surface area contributed by atoms with Crippen molar-refractivity contribution in [2.24, 2.45) is 5.92 Å². The molecule has 0 spiro atoms. The fraction of sp³-hybridized carbons (Fsp3) is 0.429. The van der Waals surface area contributed by atoms with Crippen LogP contribution in [0.2, 0.25) is 5.02 Å². The lowest BCUT2D eigenvalue weighted by Gasteiger charge is -2.32. The van der Waals surface area contributed by atoms with Crippen LogP contribution in [0, 0.1) is 5.92 Å². The van der Waals surface area contributed by atoms with Gasteiger partial charge < -0.3 is 9.84 Å². The number of sulfonamides is 1. The number of nitrogens with one attached hydrogen (secondary N) is 1. The molecule has 0 bridgehead atoms. The van der Waals surface area contributed by atoms with E-state index < -0.39 is 10.0 Å². The number of aliphatic hydroxyl groups is 1. The van der Waals surface area contributed by atoms with Gasteiger partial charge in [0.15, 0.2) is 0 Å². The Morgan fingerprint density at radius 3 is 2.55 bits per heavy atom. The highest BCUT2D eigenvalue weighted by atomic mass is 35.5. The van der Waals surface area contributed by atoms with E-state index in [1.807, 2.05) is 24.3 Å². The van der Waals surface area contributed by atoms with E-state index in [-0.39, 0.29) is 17.4 Å². The van der Waals surface area contributed by atoms with Crippen LogP contribution in [0.5, 0.6) is 5.75 Å². The van der Waals surface area contributed by atoms with Crippen LogP contribution in [0.15, 0.2) is 53.4 Å². The standard InChI is InChI=1S/C21H27ClN2O4S/c22-19-5-9-21(10-6-19)29(26,27)23-14-18-2-1-11-24(16-18)15-17-3-7-20(8-4-17)28-13-12-25/h3-10,18,23,25H,1-2,11-16H2/t18-/m0/s1. The Kier molecular flexibility index (Phi) is 7.91. The average molecular weight is 439 g/mol. The molecule has 2 N–H and O–H groups in total. The minimum absolute atomic E-state index is 0.00130. The number of benzene rings is 2. The summed E-state index contributed by atoms with van der Waals surface area (Å²) in [4.78, 5) is 2.59. The van der Waals surface area contributed by atoms with Gasteiger partial charge in [0.2, 0.25) is 10.0 Å². The van der Waals surface area contributed by atoms with E-state index in [9.17, 15) is 8.42 Å². The summed E-state index contributed by atoms with van der Waals surface area (Å²) < 4.78 is 33.1. The Bertz CT molecular complexity index is 873. The monoisotopic (exact) mass is 438 g/mol. The highest BCUT2D eigenvalue weighted by molar-refractivity contribution is 7.89. The number of hydrogen-bond donors (Lipinski definition) is 2. The van der Waals surface area contributed by atoms with E-state index in [4.69, 9.17) is 21.4 Å². The number of likely N-dealkylation sites (tertiary alicyclic amines) is 1. The van der Waals surface area contributed by atoms with E-state index in [1.165, 1.54) is 17.7 Å². The van der Waals surface area contributed by atoms with Gasteiger partial charge in [-0.05, 0) is 67.3 Å². The largest absolute Gasteiger partial charge is 0.491 e. The van der Waals surface area contributed by atoms with Crippen LogP contribution in [-0.4, -0.2) is 51.3 Å². The summed E-state index contributed by atoms with van der Waals surface area (Å²) in [7, 11) is -3.52. The van der Waals surface area contributed by atoms with E-state index >= 15 is 0 Å². The fourth-order valence-electron chi connectivity index (χ4n) is 3.50. The zero-order valence-electron chi connectivity index (χ0n) is 16.3. The molecule has 0 radical (unpaired) electrons. The molecule has 0 saturated carbocycles. The molecule has 0 aromatic heterocycles. The maximum Gasteiger partial charge on any atom is 0.240 e. The Morgan fingerprint density at radius 2 is 1.86 bits per heavy atom. The molecule has 3 rings (SSSR count). The van der Waals surface area contributed by atoms with Gasteiger partial charge in [-0.2, -0.15) is 0 Å². The van der Waals surface area contributed by atoms with Gasteiger partial charge in [0.1, 0.15) is 12.4 Å². The van der Waals surface area contributed by atoms with Crippen molar-refractivity contribution in [1.82, 2.24) is 9.62 Å². The third kappa shape index (κ3) is 6.69. The van der Waals surface area contributed by atoms with Gasteiger partial charge in [-0.15, -0.1) is 0 Å². The van der Waals surface area contributed by atoms with E-state index in [0.29, 0.717) is 18.2 Å². The van der Waals surface area contributed by atoms with Gasteiger partial charge in [0.05, 0.1) is 11.5 Å². The molecule has 0 unspecified atom stereocenters. The number of hydrogen-bond acceptors (Lipinski definition) is 5. The molecule has 6 nitrogen and oxygen atoms in total. The molecule has 0 aliphatic carbocycles. The maximum absolute atomic E-state index is 12.5. The molecule has 2 aromatic carbocycles. The van der Waals surface area contributed by atoms with Crippen molar-refractivity contribution < 1.29 is 18.3 Å². The molecule has 1 heterocycles. The van der Waals surface area contributed by atoms with Gasteiger partial charge in [-0.25, -0.2) is 13.1 Å². The maximum atomic E-state index is 12.5. The number of aliphatic hydroxyl groups excluding tert-OH is 1. The summed E-state index contributed by atoms with van der Waals surface area (Å²) in [6.45, 7) is 3.39. The molecular weight excluding hydrogens is 412 g/mol. The van der Waals surface area contributed by atoms with Crippen molar-refractivity contribution in [2.45, 2.75) is 24.3 Å². The van der Waals surface area contributed by atoms with Gasteiger partial charge in [0.25, 0.3) is 0 Å². The predicted octanol–water partition coefficient (Wildman–Crippen LogP) is 2.90. The molecule has 1 fully saturated rings. The van der Waals surface area contributed by atoms with Gasteiger partial charge in [0, 0.05) is 24.7 Å². The quantitative estimate of drug-likeness (QED) is 0.629. The Morgan fingerprint density at radius 1 is 1.14 bits per heavy atom. The number of rotatable bonds is 9. The average Bonchev–Trinajstić information content (AvgIpc) is 2.72. The molecule has 2 aromatic rings. The SMILES string of the molecule is O=S(=O)(NC[C@@H]1CCCN(Cc2ccc(OCCO)cc2)C1)c1ccc(Cl)cc1. The molecular formula is C21H27ClN2O4S. The van der Waals surface area contributed by atoms with Crippen molar-refractivity contribution in [3.8, 4) is 5.75 Å². The summed E-state index contributed by atoms with van der Waals surface area (Å²) in [5, 5.41) is 9.33. The normalized spacial score (nSPS) is 17.9. The second kappa shape index (κ2) is 10.4. The molecule has 1 saturated heterocycles. The van der Waals surface area contributed by atoms with Crippen molar-refractivity contribution in [2.75, 3.05) is 32.8 Å². The number of piperidine rings is 1. The lowest BCUT2D eigenvalue weighted by Crippen LogP contribution is -2.40. The van der Waals surface area contributed by atoms with Crippen LogP contribution in [0.1, 0.15) is 18.4 Å². The number of ether oxygens (including phenoxy) is 1. The van der Waals surface area contributed by atoms with Crippen LogP contribution in [0.25, 0.3) is 0 Å². The molecule has 1 aliphatic heterocycles. The summed E-state index contributed by atoms with van der Waals surface area (Å²) in [5.41, 5.74) is 1.18. The summed E-state index contributed by atoms with van der Waals surface area (Å²) in [5.74, 6) is 1.02. The zero-order chi connectivity index (χ0) is 20.7. The first-order chi connectivity index (χ1) is 14.0. The predicted molar refractivity (Wildman–Crippen MR) is 114 cm³/mol. The van der Waals surface area contributed by atoms with Crippen LogP contribution >= 0.6 is 11.6 Å². The van der Waals surface area contributed by atoms with Crippen molar-refractivity contribution in [1.29, 1.82) is 0 Å². The first kappa shape index (κ1) is 22.1. The fourth-order valence-corrected chi connectivity index (χ4v) is 4.74. The minimum atomic E-state index is -3.52. The lowest BCUT2D eigenvalue weighted by atomic mass is 9.98. The van der Waals surface area contributed by atoms with E-state index in [0.717, 1.165) is 38.2 Å². The smallest absolute Gasteiger partial charge is 0.240 e. The number of halogens is 1. The lowest BCUT2D eigenvalue weighted by molar-refractivity contribution is 0.168. The molecule has 8 heteroatoms. The first-order valence-electron chi connectivity index (χ1n) is 9.76. The van der Waals surface area contributed by atoms with E-state index in [2.05, 4.69) is 9.62 Å². The minimum Gasteiger partial charge on any atom is -0.491 e. The van der Waals surface area contributed by atoms with Crippen LogP contribution in [-0.2, 0) is 16.6 Å². The van der Waals surface area contributed by atoms with E-state index in [1.54, 1.807) is 12.1 Å². The van der Waals surface area contributed by atoms with Crippen LogP contribution in [0.3, 0.4) is 0 Å². The molecule has 29 heavy (non-hydrogen) atoms. The third-order valence-corrected chi connectivity index (χ3v) is 6.67. The Balaban J connectivity index is 1.50. The number of nitrogens with zero attached hydrogens (tertiary/aromatic N) is 1. The van der Waals surface area contributed by atoms with Gasteiger partial charge in [-0.1, -0.05) is 23.7 Å². The first-order valence-corrected chi connectivity index (χ1v) is 11.6. The zero-order valence-corrected chi connectivity index (χ0v) is 17.8. The molecule has 1 atom stereocenters. The van der Waals surface area contributed by atoms with Crippen LogP contribution in [0.4, 0.5) is 0 Å². The summed E-state index contributed by atoms with van der Waals surface area (Å²) in [6, 6.07) is 14.1. The molecule has 1 aliphatic rings. The van der Waals surface area contributed by atoms with Crippen LogP contribution < -0.4 is 9.46 Å². The molecule has 158 valence electrons. The van der Waals surface area contributed by atoms with Crippen molar-refractivity contribution in [3.05, 3.63) is 59.1 Å². The van der Waals surface area contributed by atoms with Crippen molar-refractivity contribution >= 4 is 21.6 Å². The summed E-state index contributed by atoms with van der Waals surface area (Å²) >= 11 is 5.84. The topological polar surface area (TPSA) is 78.9 Å². The highest BCUT2D eigenvalue weighted by Crippen LogP contribution is 2.21. The van der Waals surface area contributed by atoms with Gasteiger partial charge in [-0.3, -0.25) is 4.90 Å². The second-order valence-electron chi connectivity index (χ2n) is 7.27. The Labute approximate surface area is 177 Å². The third-order valence-electron chi connectivity index (χ3n) is 4.98. The van der Waals surface area contributed by atoms with Crippen molar-refractivity contribution in [3.63, 3.8) is 0 Å². The summed E-state index contributed by atoms with van der Waals surface area (Å²) in [6.07, 6.45) is 2.05. The molecule has 0 amide bonds.